The predicted molar refractivity (Wildman–Crippen MR) is 93.1 cm³/mol. The Balaban J connectivity index is 1.65. The molecule has 0 spiro atoms. The van der Waals surface area contributed by atoms with E-state index in [0.29, 0.717) is 21.5 Å². The van der Waals surface area contributed by atoms with Crippen LogP contribution in [-0.4, -0.2) is 23.6 Å². The number of carbonyl (C=O) groups excluding carboxylic acids is 2. The standard InChI is InChI=1S/C18H14BrFN2O4/c1-18(11-2-5-14-15(7-11)26-9-25-14)16(23)22(17(24)21-18)8-10-6-12(19)3-4-13(10)20/h2-7H,8-9H2,1H3,(H,21,24). The summed E-state index contributed by atoms with van der Waals surface area (Å²) >= 11 is 3.27. The van der Waals surface area contributed by atoms with Crippen molar-refractivity contribution in [3.05, 3.63) is 57.8 Å². The van der Waals surface area contributed by atoms with Gasteiger partial charge >= 0.3 is 6.03 Å². The van der Waals surface area contributed by atoms with Gasteiger partial charge in [0.05, 0.1) is 6.54 Å². The number of amides is 3. The molecule has 26 heavy (non-hydrogen) atoms. The maximum atomic E-state index is 14.0. The number of halogens is 2. The highest BCUT2D eigenvalue weighted by molar-refractivity contribution is 9.10. The largest absolute Gasteiger partial charge is 0.454 e. The fourth-order valence-corrected chi connectivity index (χ4v) is 3.49. The van der Waals surface area contributed by atoms with E-state index in [-0.39, 0.29) is 18.9 Å². The van der Waals surface area contributed by atoms with Gasteiger partial charge in [0.1, 0.15) is 11.4 Å². The van der Waals surface area contributed by atoms with Gasteiger partial charge in [0, 0.05) is 10.0 Å². The van der Waals surface area contributed by atoms with Crippen molar-refractivity contribution < 1.29 is 23.5 Å². The Morgan fingerprint density at radius 2 is 1.96 bits per heavy atom. The molecule has 8 heteroatoms. The van der Waals surface area contributed by atoms with Gasteiger partial charge in [-0.15, -0.1) is 0 Å². The zero-order valence-corrected chi connectivity index (χ0v) is 15.3. The lowest BCUT2D eigenvalue weighted by Crippen LogP contribution is -2.40. The topological polar surface area (TPSA) is 67.9 Å². The smallest absolute Gasteiger partial charge is 0.325 e. The molecule has 0 aromatic heterocycles. The second-order valence-corrected chi connectivity index (χ2v) is 7.17. The molecule has 0 saturated carbocycles. The average Bonchev–Trinajstić information content (AvgIpc) is 3.16. The Labute approximate surface area is 157 Å². The maximum Gasteiger partial charge on any atom is 0.325 e. The number of benzene rings is 2. The number of nitrogens with one attached hydrogen (secondary N) is 1. The van der Waals surface area contributed by atoms with Crippen molar-refractivity contribution >= 4 is 27.9 Å². The summed E-state index contributed by atoms with van der Waals surface area (Å²) in [6.07, 6.45) is 0. The molecular weight excluding hydrogens is 407 g/mol. The first kappa shape index (κ1) is 16.8. The molecule has 0 bridgehead atoms. The molecule has 4 rings (SSSR count). The number of nitrogens with zero attached hydrogens (tertiary/aromatic N) is 1. The molecule has 1 unspecified atom stereocenters. The first-order valence-corrected chi connectivity index (χ1v) is 8.66. The van der Waals surface area contributed by atoms with E-state index < -0.39 is 23.3 Å². The average molecular weight is 421 g/mol. The summed E-state index contributed by atoms with van der Waals surface area (Å²) in [5.74, 6) is 0.163. The molecule has 6 nitrogen and oxygen atoms in total. The highest BCUT2D eigenvalue weighted by atomic mass is 79.9. The molecule has 1 fully saturated rings. The van der Waals surface area contributed by atoms with Crippen LogP contribution in [0, 0.1) is 5.82 Å². The van der Waals surface area contributed by atoms with Crippen LogP contribution in [-0.2, 0) is 16.9 Å². The Hall–Kier alpha value is -2.61. The minimum absolute atomic E-state index is 0.115. The van der Waals surface area contributed by atoms with Gasteiger partial charge in [0.25, 0.3) is 5.91 Å². The lowest BCUT2D eigenvalue weighted by Gasteiger charge is -2.22. The van der Waals surface area contributed by atoms with Crippen LogP contribution in [0.1, 0.15) is 18.1 Å². The summed E-state index contributed by atoms with van der Waals surface area (Å²) < 4.78 is 25.3. The minimum atomic E-state index is -1.26. The van der Waals surface area contributed by atoms with Crippen molar-refractivity contribution in [3.8, 4) is 11.5 Å². The highest BCUT2D eigenvalue weighted by Gasteiger charge is 2.49. The zero-order chi connectivity index (χ0) is 18.5. The van der Waals surface area contributed by atoms with E-state index in [4.69, 9.17) is 9.47 Å². The summed E-state index contributed by atoms with van der Waals surface area (Å²) in [5.41, 5.74) is -0.448. The Bertz CT molecular complexity index is 935. The molecule has 2 heterocycles. The molecule has 134 valence electrons. The quantitative estimate of drug-likeness (QED) is 0.773. The number of carbonyl (C=O) groups is 2. The van der Waals surface area contributed by atoms with Crippen molar-refractivity contribution in [2.75, 3.05) is 6.79 Å². The highest BCUT2D eigenvalue weighted by Crippen LogP contribution is 2.38. The Morgan fingerprint density at radius 3 is 2.77 bits per heavy atom. The predicted octanol–water partition coefficient (Wildman–Crippen LogP) is 3.28. The van der Waals surface area contributed by atoms with Crippen molar-refractivity contribution in [1.29, 1.82) is 0 Å². The van der Waals surface area contributed by atoms with E-state index in [9.17, 15) is 14.0 Å². The SMILES string of the molecule is CC1(c2ccc3c(c2)OCO3)NC(=O)N(Cc2cc(Br)ccc2F)C1=O. The second kappa shape index (κ2) is 5.98. The van der Waals surface area contributed by atoms with E-state index in [0.717, 1.165) is 4.90 Å². The van der Waals surface area contributed by atoms with Gasteiger partial charge in [-0.2, -0.15) is 0 Å². The van der Waals surface area contributed by atoms with Crippen LogP contribution in [0.4, 0.5) is 9.18 Å². The van der Waals surface area contributed by atoms with E-state index in [2.05, 4.69) is 21.2 Å². The molecule has 2 aliphatic rings. The molecule has 1 atom stereocenters. The third kappa shape index (κ3) is 2.61. The summed E-state index contributed by atoms with van der Waals surface area (Å²) in [6.45, 7) is 1.57. The molecule has 2 aromatic rings. The summed E-state index contributed by atoms with van der Waals surface area (Å²) in [7, 11) is 0. The van der Waals surface area contributed by atoms with E-state index >= 15 is 0 Å². The molecule has 1 saturated heterocycles. The van der Waals surface area contributed by atoms with Crippen LogP contribution in [0.3, 0.4) is 0 Å². The lowest BCUT2D eigenvalue weighted by atomic mass is 9.91. The van der Waals surface area contributed by atoms with Crippen LogP contribution in [0.5, 0.6) is 11.5 Å². The van der Waals surface area contributed by atoms with Crippen LogP contribution in [0.2, 0.25) is 0 Å². The Morgan fingerprint density at radius 1 is 1.19 bits per heavy atom. The van der Waals surface area contributed by atoms with Crippen molar-refractivity contribution in [2.45, 2.75) is 19.0 Å². The van der Waals surface area contributed by atoms with Crippen LogP contribution in [0.15, 0.2) is 40.9 Å². The van der Waals surface area contributed by atoms with Gasteiger partial charge in [-0.1, -0.05) is 22.0 Å². The lowest BCUT2D eigenvalue weighted by molar-refractivity contribution is -0.131. The maximum absolute atomic E-state index is 14.0. The number of ether oxygens (including phenoxy) is 2. The summed E-state index contributed by atoms with van der Waals surface area (Å²) in [4.78, 5) is 26.4. The van der Waals surface area contributed by atoms with Crippen LogP contribution in [0.25, 0.3) is 0 Å². The minimum Gasteiger partial charge on any atom is -0.454 e. The molecular formula is C18H14BrFN2O4. The molecule has 2 aromatic carbocycles. The second-order valence-electron chi connectivity index (χ2n) is 6.25. The van der Waals surface area contributed by atoms with Gasteiger partial charge in [0.15, 0.2) is 11.5 Å². The van der Waals surface area contributed by atoms with Crippen molar-refractivity contribution in [1.82, 2.24) is 10.2 Å². The molecule has 0 aliphatic carbocycles. The van der Waals surface area contributed by atoms with Gasteiger partial charge in [0.2, 0.25) is 6.79 Å². The van der Waals surface area contributed by atoms with Crippen LogP contribution >= 0.6 is 15.9 Å². The third-order valence-electron chi connectivity index (χ3n) is 4.56. The Kier molecular flexibility index (Phi) is 3.87. The van der Waals surface area contributed by atoms with E-state index in [1.807, 2.05) is 0 Å². The molecule has 3 amide bonds. The molecule has 1 N–H and O–H groups in total. The van der Waals surface area contributed by atoms with E-state index in [1.165, 1.54) is 6.07 Å². The van der Waals surface area contributed by atoms with Gasteiger partial charge in [-0.05, 0) is 42.8 Å². The number of imide groups is 1. The number of urea groups is 1. The number of hydrogen-bond acceptors (Lipinski definition) is 4. The zero-order valence-electron chi connectivity index (χ0n) is 13.7. The first-order chi connectivity index (χ1) is 12.4. The summed E-state index contributed by atoms with van der Waals surface area (Å²) in [5, 5.41) is 2.70. The normalized spacial score (nSPS) is 21.3. The number of rotatable bonds is 3. The van der Waals surface area contributed by atoms with Gasteiger partial charge in [-0.25, -0.2) is 9.18 Å². The van der Waals surface area contributed by atoms with Crippen LogP contribution < -0.4 is 14.8 Å². The fourth-order valence-electron chi connectivity index (χ4n) is 3.08. The van der Waals surface area contributed by atoms with Gasteiger partial charge < -0.3 is 14.8 Å². The van der Waals surface area contributed by atoms with Crippen molar-refractivity contribution in [2.24, 2.45) is 0 Å². The monoisotopic (exact) mass is 420 g/mol. The fraction of sp³-hybridized carbons (Fsp3) is 0.222. The number of fused-ring (bicyclic) bond motifs is 1. The molecule has 2 aliphatic heterocycles. The number of hydrogen-bond donors (Lipinski definition) is 1. The van der Waals surface area contributed by atoms with Gasteiger partial charge in [-0.3, -0.25) is 9.69 Å². The van der Waals surface area contributed by atoms with E-state index in [1.54, 1.807) is 37.3 Å². The third-order valence-corrected chi connectivity index (χ3v) is 5.05. The summed E-state index contributed by atoms with van der Waals surface area (Å²) in [6, 6.07) is 8.88. The van der Waals surface area contributed by atoms with Crippen molar-refractivity contribution in [3.63, 3.8) is 0 Å². The molecule has 0 radical (unpaired) electrons. The first-order valence-electron chi connectivity index (χ1n) is 7.86.